The van der Waals surface area contributed by atoms with Crippen LogP contribution in [0.3, 0.4) is 0 Å². The van der Waals surface area contributed by atoms with Gasteiger partial charge in [-0.25, -0.2) is 4.79 Å². The third-order valence-corrected chi connectivity index (χ3v) is 5.91. The fraction of sp³-hybridized carbons (Fsp3) is 0.762. The first-order valence-electron chi connectivity index (χ1n) is 11.3. The highest BCUT2D eigenvalue weighted by Gasteiger charge is 2.39. The molecule has 12 nitrogen and oxygen atoms in total. The molecule has 0 aromatic rings. The zero-order chi connectivity index (χ0) is 25.1. The molecule has 0 radical (unpaired) electrons. The smallest absolute Gasteiger partial charge is 0.326 e. The average molecular weight is 472 g/mol. The fourth-order valence-electron chi connectivity index (χ4n) is 3.72. The molecule has 1 rings (SSSR count). The predicted molar refractivity (Wildman–Crippen MR) is 119 cm³/mol. The molecule has 0 spiro atoms. The molecular weight excluding hydrogens is 434 g/mol. The number of nitrogens with one attached hydrogen (secondary N) is 2. The Labute approximate surface area is 193 Å². The number of carboxylic acid groups (broad SMARTS) is 2. The van der Waals surface area contributed by atoms with Gasteiger partial charge < -0.3 is 37.2 Å². The van der Waals surface area contributed by atoms with Crippen molar-refractivity contribution in [2.24, 2.45) is 17.4 Å². The van der Waals surface area contributed by atoms with Crippen LogP contribution in [-0.4, -0.2) is 82.0 Å². The summed E-state index contributed by atoms with van der Waals surface area (Å²) >= 11 is 0. The number of hydrogen-bond donors (Lipinski definition) is 6. The van der Waals surface area contributed by atoms with Gasteiger partial charge in [0.15, 0.2) is 0 Å². The van der Waals surface area contributed by atoms with Crippen molar-refractivity contribution in [3.05, 3.63) is 0 Å². The number of nitrogens with two attached hydrogens (primary N) is 2. The molecule has 1 fully saturated rings. The van der Waals surface area contributed by atoms with Crippen molar-refractivity contribution in [1.82, 2.24) is 15.5 Å². The van der Waals surface area contributed by atoms with Crippen LogP contribution in [0, 0.1) is 5.92 Å². The van der Waals surface area contributed by atoms with Gasteiger partial charge in [0.05, 0.1) is 12.5 Å². The molecule has 1 aliphatic rings. The Morgan fingerprint density at radius 1 is 1.09 bits per heavy atom. The van der Waals surface area contributed by atoms with Gasteiger partial charge in [0.25, 0.3) is 0 Å². The highest BCUT2D eigenvalue weighted by atomic mass is 16.4. The monoisotopic (exact) mass is 471 g/mol. The second-order valence-electron chi connectivity index (χ2n) is 8.45. The molecule has 0 bridgehead atoms. The molecule has 188 valence electrons. The topological polar surface area (TPSA) is 205 Å². The lowest BCUT2D eigenvalue weighted by Gasteiger charge is -2.31. The third kappa shape index (κ3) is 8.61. The minimum atomic E-state index is -1.33. The van der Waals surface area contributed by atoms with Gasteiger partial charge in [-0.05, 0) is 44.6 Å². The maximum Gasteiger partial charge on any atom is 0.326 e. The van der Waals surface area contributed by atoms with E-state index in [2.05, 4.69) is 10.6 Å². The molecule has 0 aromatic heterocycles. The number of carbonyl (C=O) groups is 5. The summed E-state index contributed by atoms with van der Waals surface area (Å²) in [5.74, 6) is -4.50. The third-order valence-electron chi connectivity index (χ3n) is 5.91. The average Bonchev–Trinajstić information content (AvgIpc) is 3.25. The van der Waals surface area contributed by atoms with Crippen LogP contribution in [0.2, 0.25) is 0 Å². The SMILES string of the molecule is CCC(C)C(NC(=O)C(CCCCN)NC(=O)C(N)CC(=O)O)C(=O)N1CCCC1C(=O)O. The molecule has 3 amide bonds. The summed E-state index contributed by atoms with van der Waals surface area (Å²) in [6.45, 7) is 4.31. The molecule has 8 N–H and O–H groups in total. The van der Waals surface area contributed by atoms with E-state index in [1.165, 1.54) is 4.90 Å². The molecule has 33 heavy (non-hydrogen) atoms. The van der Waals surface area contributed by atoms with E-state index in [9.17, 15) is 29.1 Å². The first-order valence-corrected chi connectivity index (χ1v) is 11.3. The molecule has 5 unspecified atom stereocenters. The Bertz CT molecular complexity index is 717. The highest BCUT2D eigenvalue weighted by Crippen LogP contribution is 2.21. The first-order chi connectivity index (χ1) is 15.5. The van der Waals surface area contributed by atoms with E-state index in [4.69, 9.17) is 16.6 Å². The van der Waals surface area contributed by atoms with Gasteiger partial charge >= 0.3 is 11.9 Å². The molecule has 0 saturated carbocycles. The van der Waals surface area contributed by atoms with Crippen molar-refractivity contribution in [3.63, 3.8) is 0 Å². The van der Waals surface area contributed by atoms with E-state index in [1.54, 1.807) is 6.92 Å². The number of unbranched alkanes of at least 4 members (excludes halogenated alkanes) is 1. The Morgan fingerprint density at radius 3 is 2.30 bits per heavy atom. The van der Waals surface area contributed by atoms with Gasteiger partial charge in [0.2, 0.25) is 17.7 Å². The number of hydrogen-bond acceptors (Lipinski definition) is 7. The molecule has 1 heterocycles. The molecule has 1 aliphatic heterocycles. The van der Waals surface area contributed by atoms with Crippen LogP contribution >= 0.6 is 0 Å². The Balaban J connectivity index is 3.01. The summed E-state index contributed by atoms with van der Waals surface area (Å²) in [6, 6.07) is -4.28. The Hall–Kier alpha value is -2.73. The molecular formula is C21H37N5O7. The lowest BCUT2D eigenvalue weighted by molar-refractivity contribution is -0.150. The molecule has 1 saturated heterocycles. The van der Waals surface area contributed by atoms with Gasteiger partial charge in [-0.1, -0.05) is 20.3 Å². The number of amides is 3. The molecule has 0 aliphatic carbocycles. The van der Waals surface area contributed by atoms with Crippen LogP contribution in [0.5, 0.6) is 0 Å². The second-order valence-corrected chi connectivity index (χ2v) is 8.45. The van der Waals surface area contributed by atoms with Crippen molar-refractivity contribution >= 4 is 29.7 Å². The summed E-state index contributed by atoms with van der Waals surface area (Å²) in [7, 11) is 0. The van der Waals surface area contributed by atoms with E-state index in [0.717, 1.165) is 0 Å². The Kier molecular flexibility index (Phi) is 11.8. The van der Waals surface area contributed by atoms with E-state index in [-0.39, 0.29) is 12.3 Å². The second kappa shape index (κ2) is 13.7. The quantitative estimate of drug-likeness (QED) is 0.172. The standard InChI is InChI=1S/C21H37N5O7/c1-3-12(2)17(20(31)26-10-6-8-15(26)21(32)33)25-19(30)14(7-4-5-9-22)24-18(29)13(23)11-16(27)28/h12-15,17H,3-11,22-23H2,1-2H3,(H,24,29)(H,25,30)(H,27,28)(H,32,33). The van der Waals surface area contributed by atoms with Crippen LogP contribution in [0.1, 0.15) is 58.8 Å². The highest BCUT2D eigenvalue weighted by molar-refractivity contribution is 5.95. The maximum absolute atomic E-state index is 13.2. The van der Waals surface area contributed by atoms with E-state index in [0.29, 0.717) is 45.2 Å². The van der Waals surface area contributed by atoms with Gasteiger partial charge in [-0.15, -0.1) is 0 Å². The van der Waals surface area contributed by atoms with Crippen molar-refractivity contribution in [2.45, 2.75) is 83.0 Å². The van der Waals surface area contributed by atoms with E-state index < -0.39 is 60.2 Å². The molecule has 12 heteroatoms. The van der Waals surface area contributed by atoms with Crippen molar-refractivity contribution in [2.75, 3.05) is 13.1 Å². The summed E-state index contributed by atoms with van der Waals surface area (Å²) in [5.41, 5.74) is 11.1. The van der Waals surface area contributed by atoms with Crippen LogP contribution in [0.25, 0.3) is 0 Å². The summed E-state index contributed by atoms with van der Waals surface area (Å²) in [5, 5.41) is 23.4. The first kappa shape index (κ1) is 28.3. The summed E-state index contributed by atoms with van der Waals surface area (Å²) in [6.07, 6.45) is 2.20. The van der Waals surface area contributed by atoms with Crippen molar-refractivity contribution in [1.29, 1.82) is 0 Å². The van der Waals surface area contributed by atoms with Crippen LogP contribution in [-0.2, 0) is 24.0 Å². The van der Waals surface area contributed by atoms with Crippen LogP contribution in [0.4, 0.5) is 0 Å². The van der Waals surface area contributed by atoms with Gasteiger partial charge in [0, 0.05) is 6.54 Å². The predicted octanol–water partition coefficient (Wildman–Crippen LogP) is -0.991. The molecule has 5 atom stereocenters. The summed E-state index contributed by atoms with van der Waals surface area (Å²) < 4.78 is 0. The van der Waals surface area contributed by atoms with E-state index >= 15 is 0 Å². The Morgan fingerprint density at radius 2 is 1.76 bits per heavy atom. The van der Waals surface area contributed by atoms with Crippen molar-refractivity contribution in [3.8, 4) is 0 Å². The number of aliphatic carboxylic acids is 2. The zero-order valence-electron chi connectivity index (χ0n) is 19.3. The lowest BCUT2D eigenvalue weighted by Crippen LogP contribution is -2.58. The minimum absolute atomic E-state index is 0.220. The molecule has 0 aromatic carbocycles. The lowest BCUT2D eigenvalue weighted by atomic mass is 9.96. The number of carbonyl (C=O) groups excluding carboxylic acids is 3. The van der Waals surface area contributed by atoms with Gasteiger partial charge in [-0.2, -0.15) is 0 Å². The van der Waals surface area contributed by atoms with Crippen LogP contribution in [0.15, 0.2) is 0 Å². The number of carboxylic acids is 2. The van der Waals surface area contributed by atoms with Crippen LogP contribution < -0.4 is 22.1 Å². The normalized spacial score (nSPS) is 19.3. The van der Waals surface area contributed by atoms with E-state index in [1.807, 2.05) is 6.92 Å². The van der Waals surface area contributed by atoms with Crippen molar-refractivity contribution < 1.29 is 34.2 Å². The number of nitrogens with zero attached hydrogens (tertiary/aromatic N) is 1. The fourth-order valence-corrected chi connectivity index (χ4v) is 3.72. The van der Waals surface area contributed by atoms with Gasteiger partial charge in [0.1, 0.15) is 18.1 Å². The number of likely N-dealkylation sites (tertiary alicyclic amines) is 1. The summed E-state index contributed by atoms with van der Waals surface area (Å²) in [4.78, 5) is 62.2. The number of rotatable bonds is 14. The largest absolute Gasteiger partial charge is 0.481 e. The zero-order valence-corrected chi connectivity index (χ0v) is 19.3. The maximum atomic E-state index is 13.2. The van der Waals surface area contributed by atoms with Gasteiger partial charge in [-0.3, -0.25) is 19.2 Å². The minimum Gasteiger partial charge on any atom is -0.481 e.